The molecule has 0 spiro atoms. The minimum atomic E-state index is -0.00105. The van der Waals surface area contributed by atoms with E-state index in [1.54, 1.807) is 19.5 Å². The van der Waals surface area contributed by atoms with Gasteiger partial charge in [0, 0.05) is 44.2 Å². The summed E-state index contributed by atoms with van der Waals surface area (Å²) in [6.07, 6.45) is 9.05. The maximum atomic E-state index is 14.0. The number of ether oxygens (including phenoxy) is 2. The molecule has 0 atom stereocenters. The van der Waals surface area contributed by atoms with Gasteiger partial charge in [-0.05, 0) is 67.9 Å². The van der Waals surface area contributed by atoms with Crippen LogP contribution >= 0.6 is 0 Å². The summed E-state index contributed by atoms with van der Waals surface area (Å²) in [5.74, 6) is 3.12. The Balaban J connectivity index is 1.33. The zero-order valence-corrected chi connectivity index (χ0v) is 20.9. The van der Waals surface area contributed by atoms with Crippen LogP contribution in [0.4, 0.5) is 11.5 Å². The van der Waals surface area contributed by atoms with Crippen molar-refractivity contribution >= 4 is 17.4 Å². The van der Waals surface area contributed by atoms with Crippen molar-refractivity contribution in [2.75, 3.05) is 43.2 Å². The lowest BCUT2D eigenvalue weighted by atomic mass is 9.85. The van der Waals surface area contributed by atoms with Crippen LogP contribution in [0.25, 0.3) is 0 Å². The summed E-state index contributed by atoms with van der Waals surface area (Å²) < 4.78 is 11.4. The van der Waals surface area contributed by atoms with E-state index in [9.17, 15) is 4.79 Å². The van der Waals surface area contributed by atoms with Crippen molar-refractivity contribution < 1.29 is 14.3 Å². The Kier molecular flexibility index (Phi) is 7.64. The monoisotopic (exact) mass is 486 g/mol. The molecule has 1 aromatic carbocycles. The third kappa shape index (κ3) is 5.61. The van der Waals surface area contributed by atoms with E-state index in [0.29, 0.717) is 42.2 Å². The fourth-order valence-electron chi connectivity index (χ4n) is 4.93. The molecule has 5 rings (SSSR count). The van der Waals surface area contributed by atoms with Crippen molar-refractivity contribution in [1.29, 1.82) is 0 Å². The number of amides is 1. The van der Waals surface area contributed by atoms with Gasteiger partial charge in [-0.15, -0.1) is 0 Å². The maximum absolute atomic E-state index is 14.0. The molecule has 0 radical (unpaired) electrons. The van der Waals surface area contributed by atoms with Crippen LogP contribution in [0.1, 0.15) is 42.5 Å². The van der Waals surface area contributed by atoms with Gasteiger partial charge in [0.2, 0.25) is 5.88 Å². The van der Waals surface area contributed by atoms with Gasteiger partial charge in [0.05, 0.1) is 25.0 Å². The van der Waals surface area contributed by atoms with E-state index in [1.807, 2.05) is 59.5 Å². The SMILES string of the molecule is COc1ccc(C(=O)N(CC2CCC2)c2ccccn2)c(N2CCC(COc3ccccn3)CC2)c1. The number of anilines is 2. The topological polar surface area (TPSA) is 67.8 Å². The number of carbonyl (C=O) groups excluding carboxylic acids is 1. The van der Waals surface area contributed by atoms with Gasteiger partial charge in [-0.3, -0.25) is 9.69 Å². The molecule has 1 amide bonds. The van der Waals surface area contributed by atoms with Crippen molar-refractivity contribution in [3.63, 3.8) is 0 Å². The highest BCUT2D eigenvalue weighted by Gasteiger charge is 2.30. The van der Waals surface area contributed by atoms with Gasteiger partial charge in [0.15, 0.2) is 0 Å². The zero-order chi connectivity index (χ0) is 24.7. The molecule has 36 heavy (non-hydrogen) atoms. The summed E-state index contributed by atoms with van der Waals surface area (Å²) in [5, 5.41) is 0. The Hall–Kier alpha value is -3.61. The molecule has 7 nitrogen and oxygen atoms in total. The lowest BCUT2D eigenvalue weighted by Gasteiger charge is -2.36. The quantitative estimate of drug-likeness (QED) is 0.413. The molecule has 188 valence electrons. The average Bonchev–Trinajstić information content (AvgIpc) is 2.92. The highest BCUT2D eigenvalue weighted by Crippen LogP contribution is 2.34. The first-order chi connectivity index (χ1) is 17.7. The summed E-state index contributed by atoms with van der Waals surface area (Å²) in [6.45, 7) is 3.07. The Morgan fingerprint density at radius 3 is 2.39 bits per heavy atom. The number of rotatable bonds is 9. The lowest BCUT2D eigenvalue weighted by molar-refractivity contribution is 0.0977. The number of hydrogen-bond acceptors (Lipinski definition) is 6. The van der Waals surface area contributed by atoms with Crippen LogP contribution in [-0.4, -0.2) is 49.2 Å². The predicted octanol–water partition coefficient (Wildman–Crippen LogP) is 5.23. The fourth-order valence-corrected chi connectivity index (χ4v) is 4.93. The second-order valence-corrected chi connectivity index (χ2v) is 9.69. The van der Waals surface area contributed by atoms with Crippen LogP contribution in [0, 0.1) is 11.8 Å². The first-order valence-corrected chi connectivity index (χ1v) is 12.9. The molecular formula is C29H34N4O3. The van der Waals surface area contributed by atoms with Crippen molar-refractivity contribution in [3.8, 4) is 11.6 Å². The number of piperidine rings is 1. The minimum Gasteiger partial charge on any atom is -0.497 e. The number of pyridine rings is 2. The molecule has 1 saturated carbocycles. The van der Waals surface area contributed by atoms with Gasteiger partial charge >= 0.3 is 0 Å². The molecule has 2 aromatic heterocycles. The van der Waals surface area contributed by atoms with Crippen LogP contribution in [0.5, 0.6) is 11.6 Å². The maximum Gasteiger partial charge on any atom is 0.261 e. The van der Waals surface area contributed by atoms with Gasteiger partial charge < -0.3 is 14.4 Å². The van der Waals surface area contributed by atoms with Crippen LogP contribution in [-0.2, 0) is 0 Å². The van der Waals surface area contributed by atoms with E-state index in [0.717, 1.165) is 37.4 Å². The summed E-state index contributed by atoms with van der Waals surface area (Å²) in [5.41, 5.74) is 1.63. The Bertz CT molecular complexity index is 1130. The van der Waals surface area contributed by atoms with Gasteiger partial charge in [0.25, 0.3) is 5.91 Å². The molecule has 1 saturated heterocycles. The molecule has 1 aliphatic carbocycles. The normalized spacial score (nSPS) is 16.3. The van der Waals surface area contributed by atoms with E-state index >= 15 is 0 Å². The predicted molar refractivity (Wildman–Crippen MR) is 141 cm³/mol. The summed E-state index contributed by atoms with van der Waals surface area (Å²) >= 11 is 0. The molecule has 0 unspecified atom stereocenters. The second-order valence-electron chi connectivity index (χ2n) is 9.69. The van der Waals surface area contributed by atoms with Crippen LogP contribution in [0.2, 0.25) is 0 Å². The van der Waals surface area contributed by atoms with E-state index in [4.69, 9.17) is 9.47 Å². The van der Waals surface area contributed by atoms with Crippen molar-refractivity contribution in [1.82, 2.24) is 9.97 Å². The second kappa shape index (κ2) is 11.4. The summed E-state index contributed by atoms with van der Waals surface area (Å²) in [4.78, 5) is 26.9. The van der Waals surface area contributed by atoms with Crippen LogP contribution in [0.3, 0.4) is 0 Å². The standard InChI is InChI=1S/C29H34N4O3/c1-35-24-11-12-25(29(34)33(20-22-7-6-8-22)27-9-2-4-15-30-27)26(19-24)32-17-13-23(14-18-32)21-36-28-10-3-5-16-31-28/h2-5,9-12,15-16,19,22-23H,6-8,13-14,17-18,20-21H2,1H3. The van der Waals surface area contributed by atoms with Crippen molar-refractivity contribution in [2.45, 2.75) is 32.1 Å². The molecular weight excluding hydrogens is 452 g/mol. The third-order valence-corrected chi connectivity index (χ3v) is 7.33. The minimum absolute atomic E-state index is 0.00105. The largest absolute Gasteiger partial charge is 0.497 e. The Labute approximate surface area is 213 Å². The van der Waals surface area contributed by atoms with E-state index in [-0.39, 0.29) is 5.91 Å². The molecule has 2 aliphatic rings. The summed E-state index contributed by atoms with van der Waals surface area (Å²) in [7, 11) is 1.67. The number of methoxy groups -OCH3 is 1. The molecule has 0 bridgehead atoms. The molecule has 7 heteroatoms. The van der Waals surface area contributed by atoms with Gasteiger partial charge in [0.1, 0.15) is 11.6 Å². The van der Waals surface area contributed by atoms with E-state index in [2.05, 4.69) is 14.9 Å². The van der Waals surface area contributed by atoms with Crippen LogP contribution in [0.15, 0.2) is 67.0 Å². The molecule has 3 aromatic rings. The lowest BCUT2D eigenvalue weighted by Crippen LogP contribution is -2.40. The first-order valence-electron chi connectivity index (χ1n) is 12.9. The highest BCUT2D eigenvalue weighted by molar-refractivity contribution is 6.09. The number of aromatic nitrogens is 2. The molecule has 2 fully saturated rings. The number of carbonyl (C=O) groups is 1. The first kappa shape index (κ1) is 24.1. The zero-order valence-electron chi connectivity index (χ0n) is 20.9. The third-order valence-electron chi connectivity index (χ3n) is 7.33. The van der Waals surface area contributed by atoms with Crippen LogP contribution < -0.4 is 19.3 Å². The fraction of sp³-hybridized carbons (Fsp3) is 0.414. The van der Waals surface area contributed by atoms with Gasteiger partial charge in [-0.2, -0.15) is 0 Å². The number of benzene rings is 1. The number of hydrogen-bond donors (Lipinski definition) is 0. The van der Waals surface area contributed by atoms with E-state index < -0.39 is 0 Å². The highest BCUT2D eigenvalue weighted by atomic mass is 16.5. The Morgan fingerprint density at radius 1 is 0.972 bits per heavy atom. The van der Waals surface area contributed by atoms with Crippen molar-refractivity contribution in [2.24, 2.45) is 11.8 Å². The summed E-state index contributed by atoms with van der Waals surface area (Å²) in [6, 6.07) is 17.2. The smallest absolute Gasteiger partial charge is 0.261 e. The van der Waals surface area contributed by atoms with Gasteiger partial charge in [-0.25, -0.2) is 9.97 Å². The average molecular weight is 487 g/mol. The molecule has 3 heterocycles. The molecule has 0 N–H and O–H groups in total. The Morgan fingerprint density at radius 2 is 1.75 bits per heavy atom. The number of nitrogens with zero attached hydrogens (tertiary/aromatic N) is 4. The van der Waals surface area contributed by atoms with E-state index in [1.165, 1.54) is 19.3 Å². The molecule has 1 aliphatic heterocycles. The van der Waals surface area contributed by atoms with Gasteiger partial charge in [-0.1, -0.05) is 18.6 Å². The van der Waals surface area contributed by atoms with Crippen molar-refractivity contribution in [3.05, 3.63) is 72.6 Å².